The quantitative estimate of drug-likeness (QED) is 0.349. The molecular formula is C16H26. The maximum absolute atomic E-state index is 2.26. The number of hydrogen-bond acceptors (Lipinski definition) is 0. The summed E-state index contributed by atoms with van der Waals surface area (Å²) in [7, 11) is 0. The van der Waals surface area contributed by atoms with Gasteiger partial charge in [0.05, 0.1) is 0 Å². The van der Waals surface area contributed by atoms with E-state index in [0.717, 1.165) is 0 Å². The van der Waals surface area contributed by atoms with Crippen LogP contribution in [-0.2, 0) is 0 Å². The molecule has 0 aromatic heterocycles. The van der Waals surface area contributed by atoms with Crippen molar-refractivity contribution >= 4 is 0 Å². The van der Waals surface area contributed by atoms with Crippen molar-refractivity contribution in [1.82, 2.24) is 0 Å². The zero-order chi connectivity index (χ0) is 11.9. The van der Waals surface area contributed by atoms with Crippen molar-refractivity contribution in [3.63, 3.8) is 0 Å². The molecule has 0 aliphatic carbocycles. The smallest absolute Gasteiger partial charge is 0.0348 e. The minimum atomic E-state index is 1.22. The predicted octanol–water partition coefficient (Wildman–Crippen LogP) is 5.59. The molecule has 0 aromatic carbocycles. The van der Waals surface area contributed by atoms with Gasteiger partial charge in [0.1, 0.15) is 0 Å². The molecule has 16 heavy (non-hydrogen) atoms. The highest BCUT2D eigenvalue weighted by Gasteiger charge is 1.86. The largest absolute Gasteiger partial charge is 0.0877 e. The highest BCUT2D eigenvalue weighted by molar-refractivity contribution is 5.01. The maximum atomic E-state index is 2.26. The molecule has 0 saturated carbocycles. The summed E-state index contributed by atoms with van der Waals surface area (Å²) in [4.78, 5) is 0. The van der Waals surface area contributed by atoms with E-state index in [1.54, 1.807) is 0 Å². The van der Waals surface area contributed by atoms with Gasteiger partial charge in [-0.3, -0.25) is 0 Å². The third-order valence-corrected chi connectivity index (χ3v) is 2.37. The van der Waals surface area contributed by atoms with Crippen LogP contribution < -0.4 is 0 Å². The molecule has 0 bridgehead atoms. The Hall–Kier alpha value is -1.04. The van der Waals surface area contributed by atoms with Crippen LogP contribution in [0.5, 0.6) is 0 Å². The molecule has 0 aromatic rings. The van der Waals surface area contributed by atoms with Crippen molar-refractivity contribution in [2.45, 2.75) is 52.4 Å². The third-order valence-electron chi connectivity index (χ3n) is 2.37. The van der Waals surface area contributed by atoms with Crippen molar-refractivity contribution in [3.05, 3.63) is 48.6 Å². The van der Waals surface area contributed by atoms with Gasteiger partial charge in [-0.1, -0.05) is 61.4 Å². The summed E-state index contributed by atoms with van der Waals surface area (Å²) < 4.78 is 0. The first-order chi connectivity index (χ1) is 7.91. The molecule has 0 heteroatoms. The predicted molar refractivity (Wildman–Crippen MR) is 75.6 cm³/mol. The molecule has 0 saturated heterocycles. The van der Waals surface area contributed by atoms with Crippen LogP contribution in [0.1, 0.15) is 52.4 Å². The van der Waals surface area contributed by atoms with Gasteiger partial charge >= 0.3 is 0 Å². The molecule has 0 radical (unpaired) electrons. The Kier molecular flexibility index (Phi) is 13.1. The van der Waals surface area contributed by atoms with E-state index in [1.807, 2.05) is 13.8 Å². The van der Waals surface area contributed by atoms with E-state index >= 15 is 0 Å². The summed E-state index contributed by atoms with van der Waals surface area (Å²) in [6.07, 6.45) is 24.9. The summed E-state index contributed by atoms with van der Waals surface area (Å²) in [5, 5.41) is 0. The fraction of sp³-hybridized carbons (Fsp3) is 0.500. The monoisotopic (exact) mass is 218 g/mol. The van der Waals surface area contributed by atoms with Crippen molar-refractivity contribution in [2.24, 2.45) is 0 Å². The van der Waals surface area contributed by atoms with E-state index in [1.165, 1.54) is 38.5 Å². The summed E-state index contributed by atoms with van der Waals surface area (Å²) in [6.45, 7) is 4.09. The lowest BCUT2D eigenvalue weighted by molar-refractivity contribution is 0.652. The molecule has 0 spiro atoms. The van der Waals surface area contributed by atoms with Crippen LogP contribution in [-0.4, -0.2) is 0 Å². The Balaban J connectivity index is 3.15. The van der Waals surface area contributed by atoms with Gasteiger partial charge in [-0.25, -0.2) is 0 Å². The van der Waals surface area contributed by atoms with Crippen LogP contribution in [0.2, 0.25) is 0 Å². The summed E-state index contributed by atoms with van der Waals surface area (Å²) >= 11 is 0. The zero-order valence-corrected chi connectivity index (χ0v) is 10.9. The van der Waals surface area contributed by atoms with Gasteiger partial charge in [0.2, 0.25) is 0 Å². The summed E-state index contributed by atoms with van der Waals surface area (Å²) in [5.74, 6) is 0. The topological polar surface area (TPSA) is 0 Å². The van der Waals surface area contributed by atoms with Crippen LogP contribution in [0.15, 0.2) is 48.6 Å². The van der Waals surface area contributed by atoms with Crippen molar-refractivity contribution in [2.75, 3.05) is 0 Å². The van der Waals surface area contributed by atoms with Crippen LogP contribution in [0, 0.1) is 0 Å². The second kappa shape index (κ2) is 14.0. The lowest BCUT2D eigenvalue weighted by Gasteiger charge is -1.96. The van der Waals surface area contributed by atoms with Crippen LogP contribution in [0.3, 0.4) is 0 Å². The molecule has 0 heterocycles. The Labute approximate surface area is 101 Å². The molecule has 0 rings (SSSR count). The van der Waals surface area contributed by atoms with Gasteiger partial charge in [-0.05, 0) is 39.5 Å². The Bertz CT molecular complexity index is 202. The maximum Gasteiger partial charge on any atom is -0.0348 e. The summed E-state index contributed by atoms with van der Waals surface area (Å²) in [6, 6.07) is 0. The summed E-state index contributed by atoms with van der Waals surface area (Å²) in [5.41, 5.74) is 0. The second-order valence-electron chi connectivity index (χ2n) is 3.90. The lowest BCUT2D eigenvalue weighted by atomic mass is 10.1. The Morgan fingerprint density at radius 2 is 1.00 bits per heavy atom. The number of unbranched alkanes of at least 4 members (excludes halogenated alkanes) is 5. The van der Waals surface area contributed by atoms with Gasteiger partial charge in [-0.15, -0.1) is 0 Å². The van der Waals surface area contributed by atoms with Crippen LogP contribution in [0.25, 0.3) is 0 Å². The molecule has 0 aliphatic heterocycles. The fourth-order valence-corrected chi connectivity index (χ4v) is 1.45. The molecule has 0 nitrogen and oxygen atoms in total. The highest BCUT2D eigenvalue weighted by atomic mass is 13.9. The average molecular weight is 218 g/mol. The molecule has 0 atom stereocenters. The molecule has 0 unspecified atom stereocenters. The van der Waals surface area contributed by atoms with E-state index < -0.39 is 0 Å². The molecule has 90 valence electrons. The second-order valence-corrected chi connectivity index (χ2v) is 3.90. The number of allylic oxidation sites excluding steroid dienone is 8. The molecule has 0 amide bonds. The van der Waals surface area contributed by atoms with E-state index in [-0.39, 0.29) is 0 Å². The van der Waals surface area contributed by atoms with Crippen molar-refractivity contribution < 1.29 is 0 Å². The molecule has 0 fully saturated rings. The van der Waals surface area contributed by atoms with Gasteiger partial charge in [-0.2, -0.15) is 0 Å². The van der Waals surface area contributed by atoms with Gasteiger partial charge in [0.15, 0.2) is 0 Å². The van der Waals surface area contributed by atoms with E-state index in [4.69, 9.17) is 0 Å². The van der Waals surface area contributed by atoms with Crippen LogP contribution in [0.4, 0.5) is 0 Å². The molecule has 0 aliphatic rings. The van der Waals surface area contributed by atoms with Gasteiger partial charge in [0, 0.05) is 0 Å². The minimum absolute atomic E-state index is 1.22. The van der Waals surface area contributed by atoms with Crippen LogP contribution >= 0.6 is 0 Å². The SMILES string of the molecule is CC=CC=CCCCCCCC=CC=CC. The number of rotatable bonds is 9. The third kappa shape index (κ3) is 13.0. The fourth-order valence-electron chi connectivity index (χ4n) is 1.45. The number of hydrogen-bond donors (Lipinski definition) is 0. The molecular weight excluding hydrogens is 192 g/mol. The van der Waals surface area contributed by atoms with E-state index in [9.17, 15) is 0 Å². The first kappa shape index (κ1) is 15.0. The average Bonchev–Trinajstić information content (AvgIpc) is 2.31. The highest BCUT2D eigenvalue weighted by Crippen LogP contribution is 2.06. The Morgan fingerprint density at radius 3 is 1.38 bits per heavy atom. The molecule has 0 N–H and O–H groups in total. The Morgan fingerprint density at radius 1 is 0.562 bits per heavy atom. The van der Waals surface area contributed by atoms with Gasteiger partial charge < -0.3 is 0 Å². The van der Waals surface area contributed by atoms with Gasteiger partial charge in [0.25, 0.3) is 0 Å². The van der Waals surface area contributed by atoms with Crippen molar-refractivity contribution in [1.29, 1.82) is 0 Å². The zero-order valence-electron chi connectivity index (χ0n) is 10.9. The van der Waals surface area contributed by atoms with Crippen molar-refractivity contribution in [3.8, 4) is 0 Å². The standard InChI is InChI=1S/C16H26/c1-3-5-7-9-11-13-15-16-14-12-10-8-6-4-2/h3-10H,11-16H2,1-2H3. The minimum Gasteiger partial charge on any atom is -0.0877 e. The first-order valence-corrected chi connectivity index (χ1v) is 6.47. The first-order valence-electron chi connectivity index (χ1n) is 6.47. The van der Waals surface area contributed by atoms with E-state index in [0.29, 0.717) is 0 Å². The lowest BCUT2D eigenvalue weighted by Crippen LogP contribution is -1.76. The normalized spacial score (nSPS) is 12.9. The van der Waals surface area contributed by atoms with E-state index in [2.05, 4.69) is 48.6 Å².